The Morgan fingerprint density at radius 3 is 2.74 bits per heavy atom. The maximum Gasteiger partial charge on any atom is 0.224 e. The van der Waals surface area contributed by atoms with Crippen LogP contribution in [0.2, 0.25) is 0 Å². The molecule has 1 atom stereocenters. The lowest BCUT2D eigenvalue weighted by Crippen LogP contribution is -2.46. The van der Waals surface area contributed by atoms with Crippen molar-refractivity contribution in [3.05, 3.63) is 29.3 Å². The number of rotatable bonds is 6. The van der Waals surface area contributed by atoms with Gasteiger partial charge in [0.2, 0.25) is 5.91 Å². The van der Waals surface area contributed by atoms with E-state index in [0.29, 0.717) is 26.3 Å². The number of benzene rings is 1. The Balaban J connectivity index is 2.29. The third kappa shape index (κ3) is 4.03. The first-order valence-corrected chi connectivity index (χ1v) is 8.23. The second kappa shape index (κ2) is 7.79. The van der Waals surface area contributed by atoms with Gasteiger partial charge in [-0.2, -0.15) is 0 Å². The Bertz CT molecular complexity index is 539. The van der Waals surface area contributed by atoms with Gasteiger partial charge in [0.05, 0.1) is 7.11 Å². The molecule has 1 unspecified atom stereocenters. The van der Waals surface area contributed by atoms with Gasteiger partial charge in [0.15, 0.2) is 0 Å². The highest BCUT2D eigenvalue weighted by Gasteiger charge is 2.37. The number of nitrogens with two attached hydrogens (primary N) is 1. The zero-order valence-electron chi connectivity index (χ0n) is 14.4. The topological polar surface area (TPSA) is 73.6 Å². The van der Waals surface area contributed by atoms with Gasteiger partial charge in [-0.15, -0.1) is 0 Å². The lowest BCUT2D eigenvalue weighted by molar-refractivity contribution is -0.124. The van der Waals surface area contributed by atoms with E-state index < -0.39 is 0 Å². The number of nitrogens with one attached hydrogen (secondary N) is 1. The molecule has 1 heterocycles. The molecule has 23 heavy (non-hydrogen) atoms. The Kier molecular flexibility index (Phi) is 6.02. The molecule has 0 radical (unpaired) electrons. The number of methoxy groups -OCH3 is 1. The Morgan fingerprint density at radius 1 is 1.43 bits per heavy atom. The van der Waals surface area contributed by atoms with Crippen LogP contribution < -0.4 is 15.8 Å². The fourth-order valence-electron chi connectivity index (χ4n) is 3.08. The van der Waals surface area contributed by atoms with E-state index in [2.05, 4.69) is 18.3 Å². The Hall–Kier alpha value is -1.59. The van der Waals surface area contributed by atoms with Crippen molar-refractivity contribution in [2.24, 2.45) is 11.7 Å². The van der Waals surface area contributed by atoms with Crippen molar-refractivity contribution >= 4 is 5.91 Å². The third-order valence-electron chi connectivity index (χ3n) is 4.78. The highest BCUT2D eigenvalue weighted by molar-refractivity contribution is 5.78. The summed E-state index contributed by atoms with van der Waals surface area (Å²) in [6, 6.07) is 6.22. The first-order valence-electron chi connectivity index (χ1n) is 8.23. The molecule has 0 saturated carbocycles. The first kappa shape index (κ1) is 17.8. The van der Waals surface area contributed by atoms with Gasteiger partial charge < -0.3 is 20.5 Å². The molecule has 1 aliphatic heterocycles. The molecule has 5 nitrogen and oxygen atoms in total. The molecule has 0 spiro atoms. The fraction of sp³-hybridized carbons (Fsp3) is 0.611. The normalized spacial score (nSPS) is 18.3. The van der Waals surface area contributed by atoms with E-state index in [0.717, 1.165) is 24.2 Å². The fourth-order valence-corrected chi connectivity index (χ4v) is 3.08. The number of hydrogen-bond donors (Lipinski definition) is 2. The lowest BCUT2D eigenvalue weighted by Gasteiger charge is -2.39. The van der Waals surface area contributed by atoms with Gasteiger partial charge in [-0.25, -0.2) is 0 Å². The van der Waals surface area contributed by atoms with E-state index >= 15 is 0 Å². The maximum atomic E-state index is 12.2. The second-order valence-electron chi connectivity index (χ2n) is 6.45. The average Bonchev–Trinajstić information content (AvgIpc) is 2.59. The Morgan fingerprint density at radius 2 is 2.13 bits per heavy atom. The van der Waals surface area contributed by atoms with Crippen LogP contribution in [0.25, 0.3) is 0 Å². The van der Waals surface area contributed by atoms with Crippen LogP contribution in [-0.4, -0.2) is 39.3 Å². The Labute approximate surface area is 138 Å². The van der Waals surface area contributed by atoms with Gasteiger partial charge in [-0.05, 0) is 25.8 Å². The molecule has 1 saturated heterocycles. The van der Waals surface area contributed by atoms with Gasteiger partial charge in [0.1, 0.15) is 5.75 Å². The second-order valence-corrected chi connectivity index (χ2v) is 6.45. The van der Waals surface area contributed by atoms with Gasteiger partial charge in [0, 0.05) is 43.2 Å². The van der Waals surface area contributed by atoms with Crippen LogP contribution in [0.5, 0.6) is 5.75 Å². The molecule has 2 rings (SSSR count). The molecule has 1 aliphatic rings. The molecule has 0 aromatic heterocycles. The van der Waals surface area contributed by atoms with E-state index in [1.54, 1.807) is 7.11 Å². The van der Waals surface area contributed by atoms with Crippen molar-refractivity contribution in [3.8, 4) is 5.75 Å². The number of aryl methyl sites for hydroxylation is 1. The van der Waals surface area contributed by atoms with E-state index in [4.69, 9.17) is 15.2 Å². The molecule has 3 N–H and O–H groups in total. The number of amides is 1. The maximum absolute atomic E-state index is 12.2. The van der Waals surface area contributed by atoms with Crippen LogP contribution in [0.1, 0.15) is 30.9 Å². The summed E-state index contributed by atoms with van der Waals surface area (Å²) in [5.74, 6) is 0.704. The van der Waals surface area contributed by atoms with Crippen molar-refractivity contribution < 1.29 is 14.3 Å². The van der Waals surface area contributed by atoms with Crippen molar-refractivity contribution in [2.45, 2.75) is 32.1 Å². The summed E-state index contributed by atoms with van der Waals surface area (Å²) in [5.41, 5.74) is 7.78. The summed E-state index contributed by atoms with van der Waals surface area (Å²) >= 11 is 0. The lowest BCUT2D eigenvalue weighted by atomic mass is 9.73. The first-order chi connectivity index (χ1) is 11.0. The molecule has 5 heteroatoms. The highest BCUT2D eigenvalue weighted by atomic mass is 16.5. The average molecular weight is 320 g/mol. The summed E-state index contributed by atoms with van der Waals surface area (Å²) < 4.78 is 11.1. The molecule has 0 bridgehead atoms. The van der Waals surface area contributed by atoms with Crippen LogP contribution in [0.4, 0.5) is 0 Å². The molecular formula is C18H28N2O3. The summed E-state index contributed by atoms with van der Waals surface area (Å²) in [4.78, 5) is 12.2. The molecule has 128 valence electrons. The zero-order chi connectivity index (χ0) is 16.9. The summed E-state index contributed by atoms with van der Waals surface area (Å²) in [6.45, 7) is 6.25. The highest BCUT2D eigenvalue weighted by Crippen LogP contribution is 2.40. The molecule has 1 aromatic carbocycles. The molecular weight excluding hydrogens is 292 g/mol. The number of carbonyl (C=O) groups is 1. The van der Waals surface area contributed by atoms with Gasteiger partial charge in [-0.3, -0.25) is 4.79 Å². The minimum Gasteiger partial charge on any atom is -0.496 e. The summed E-state index contributed by atoms with van der Waals surface area (Å²) in [7, 11) is 1.69. The zero-order valence-corrected chi connectivity index (χ0v) is 14.4. The minimum absolute atomic E-state index is 0.00462. The van der Waals surface area contributed by atoms with E-state index in [9.17, 15) is 4.79 Å². The van der Waals surface area contributed by atoms with Crippen LogP contribution in [0.15, 0.2) is 18.2 Å². The monoisotopic (exact) mass is 320 g/mol. The third-order valence-corrected chi connectivity index (χ3v) is 4.78. The van der Waals surface area contributed by atoms with Gasteiger partial charge in [0.25, 0.3) is 0 Å². The van der Waals surface area contributed by atoms with Crippen LogP contribution >= 0.6 is 0 Å². The van der Waals surface area contributed by atoms with E-state index in [1.165, 1.54) is 5.56 Å². The smallest absolute Gasteiger partial charge is 0.224 e. The quantitative estimate of drug-likeness (QED) is 0.838. The predicted octanol–water partition coefficient (Wildman–Crippen LogP) is 1.76. The SMILES string of the molecule is COc1ccc(C)cc1C1(CNC(=O)C(C)CN)CCOCC1. The number of carbonyl (C=O) groups excluding carboxylic acids is 1. The van der Waals surface area contributed by atoms with Crippen molar-refractivity contribution in [2.75, 3.05) is 33.4 Å². The van der Waals surface area contributed by atoms with Crippen molar-refractivity contribution in [1.29, 1.82) is 0 Å². The van der Waals surface area contributed by atoms with Gasteiger partial charge in [-0.1, -0.05) is 24.6 Å². The summed E-state index contributed by atoms with van der Waals surface area (Å²) in [5, 5.41) is 3.08. The predicted molar refractivity (Wildman–Crippen MR) is 90.7 cm³/mol. The standard InChI is InChI=1S/C18H28N2O3/c1-13-4-5-16(22-3)15(10-13)18(6-8-23-9-7-18)12-20-17(21)14(2)11-19/h4-5,10,14H,6-9,11-12,19H2,1-3H3,(H,20,21). The van der Waals surface area contributed by atoms with Crippen LogP contribution in [0, 0.1) is 12.8 Å². The molecule has 1 aromatic rings. The molecule has 1 fully saturated rings. The van der Waals surface area contributed by atoms with Crippen molar-refractivity contribution in [1.82, 2.24) is 5.32 Å². The van der Waals surface area contributed by atoms with Crippen LogP contribution in [-0.2, 0) is 14.9 Å². The van der Waals surface area contributed by atoms with E-state index in [1.807, 2.05) is 19.1 Å². The minimum atomic E-state index is -0.175. The molecule has 0 aliphatic carbocycles. The van der Waals surface area contributed by atoms with Crippen molar-refractivity contribution in [3.63, 3.8) is 0 Å². The number of ether oxygens (including phenoxy) is 2. The van der Waals surface area contributed by atoms with E-state index in [-0.39, 0.29) is 17.2 Å². The number of hydrogen-bond acceptors (Lipinski definition) is 4. The van der Waals surface area contributed by atoms with Gasteiger partial charge >= 0.3 is 0 Å². The van der Waals surface area contributed by atoms with Crippen LogP contribution in [0.3, 0.4) is 0 Å². The molecule has 1 amide bonds. The largest absolute Gasteiger partial charge is 0.496 e. The summed E-state index contributed by atoms with van der Waals surface area (Å²) in [6.07, 6.45) is 1.73.